The highest BCUT2D eigenvalue weighted by molar-refractivity contribution is 5.78. The highest BCUT2D eigenvalue weighted by atomic mass is 16.2. The van der Waals surface area contributed by atoms with Crippen molar-refractivity contribution in [1.29, 1.82) is 0 Å². The maximum atomic E-state index is 12.3. The van der Waals surface area contributed by atoms with Gasteiger partial charge in [-0.25, -0.2) is 4.79 Å². The Balaban J connectivity index is 1.69. The Hall–Kier alpha value is -1.30. The first kappa shape index (κ1) is 20.0. The van der Waals surface area contributed by atoms with E-state index in [1.54, 1.807) is 4.90 Å². The van der Waals surface area contributed by atoms with Crippen molar-refractivity contribution in [2.24, 2.45) is 11.8 Å². The summed E-state index contributed by atoms with van der Waals surface area (Å²) in [4.78, 5) is 30.4. The average Bonchev–Trinajstić information content (AvgIpc) is 2.61. The first-order chi connectivity index (χ1) is 11.9. The molecule has 1 N–H and O–H groups in total. The Bertz CT molecular complexity index is 437. The van der Waals surface area contributed by atoms with Crippen LogP contribution in [0, 0.1) is 11.8 Å². The van der Waals surface area contributed by atoms with E-state index in [1.807, 2.05) is 19.0 Å². The molecule has 6 heteroatoms. The molecular formula is C19H36N4O2. The zero-order chi connectivity index (χ0) is 18.4. The van der Waals surface area contributed by atoms with Crippen molar-refractivity contribution in [3.8, 4) is 0 Å². The van der Waals surface area contributed by atoms with Gasteiger partial charge in [-0.15, -0.1) is 0 Å². The van der Waals surface area contributed by atoms with Gasteiger partial charge < -0.3 is 20.0 Å². The summed E-state index contributed by atoms with van der Waals surface area (Å²) in [6.45, 7) is 8.87. The van der Waals surface area contributed by atoms with E-state index in [9.17, 15) is 9.59 Å². The second kappa shape index (κ2) is 9.41. The molecule has 0 aromatic rings. The van der Waals surface area contributed by atoms with Crippen molar-refractivity contribution in [3.63, 3.8) is 0 Å². The smallest absolute Gasteiger partial charge is 0.319 e. The zero-order valence-corrected chi connectivity index (χ0v) is 16.5. The van der Waals surface area contributed by atoms with E-state index >= 15 is 0 Å². The first-order valence-corrected chi connectivity index (χ1v) is 9.86. The molecule has 3 amide bonds. The van der Waals surface area contributed by atoms with Gasteiger partial charge >= 0.3 is 6.03 Å². The van der Waals surface area contributed by atoms with Crippen LogP contribution in [0.15, 0.2) is 0 Å². The van der Waals surface area contributed by atoms with Crippen LogP contribution in [0.4, 0.5) is 4.79 Å². The molecule has 2 rings (SSSR count). The van der Waals surface area contributed by atoms with Gasteiger partial charge in [-0.1, -0.05) is 13.8 Å². The van der Waals surface area contributed by atoms with Crippen molar-refractivity contribution in [2.45, 2.75) is 52.0 Å². The molecule has 2 saturated heterocycles. The molecule has 2 fully saturated rings. The number of amides is 3. The lowest BCUT2D eigenvalue weighted by Gasteiger charge is -2.42. The lowest BCUT2D eigenvalue weighted by molar-refractivity contribution is -0.126. The van der Waals surface area contributed by atoms with Crippen LogP contribution in [0.25, 0.3) is 0 Å². The Morgan fingerprint density at radius 3 is 2.16 bits per heavy atom. The third-order valence-corrected chi connectivity index (χ3v) is 5.56. The Labute approximate surface area is 152 Å². The highest BCUT2D eigenvalue weighted by Crippen LogP contribution is 2.24. The molecule has 2 aliphatic heterocycles. The lowest BCUT2D eigenvalue weighted by Crippen LogP contribution is -2.51. The predicted octanol–water partition coefficient (Wildman–Crippen LogP) is 2.01. The van der Waals surface area contributed by atoms with Gasteiger partial charge in [0.15, 0.2) is 0 Å². The van der Waals surface area contributed by atoms with Gasteiger partial charge in [0.1, 0.15) is 0 Å². The molecule has 0 aromatic heterocycles. The van der Waals surface area contributed by atoms with E-state index in [-0.39, 0.29) is 17.9 Å². The molecule has 0 saturated carbocycles. The number of carbonyl (C=O) groups is 2. The SMILES string of the molecule is CC(C)CCNC(=O)C1CCN(C2CCN(C(=O)N(C)C)CC2)CC1. The fourth-order valence-corrected chi connectivity index (χ4v) is 3.86. The molecule has 6 nitrogen and oxygen atoms in total. The third-order valence-electron chi connectivity index (χ3n) is 5.56. The topological polar surface area (TPSA) is 55.9 Å². The highest BCUT2D eigenvalue weighted by Gasteiger charge is 2.31. The zero-order valence-electron chi connectivity index (χ0n) is 16.5. The summed E-state index contributed by atoms with van der Waals surface area (Å²) in [6, 6.07) is 0.686. The van der Waals surface area contributed by atoms with E-state index in [2.05, 4.69) is 24.1 Å². The standard InChI is InChI=1S/C19H36N4O2/c1-15(2)5-10-20-18(24)16-6-11-22(12-7-16)17-8-13-23(14-9-17)19(25)21(3)4/h15-17H,5-14H2,1-4H3,(H,20,24). The van der Waals surface area contributed by atoms with Crippen molar-refractivity contribution < 1.29 is 9.59 Å². The van der Waals surface area contributed by atoms with Gasteiger partial charge in [0.2, 0.25) is 5.91 Å². The summed E-state index contributed by atoms with van der Waals surface area (Å²) in [5, 5.41) is 3.10. The molecule has 0 spiro atoms. The minimum Gasteiger partial charge on any atom is -0.356 e. The predicted molar refractivity (Wildman–Crippen MR) is 100 cm³/mol. The van der Waals surface area contributed by atoms with Crippen LogP contribution < -0.4 is 5.32 Å². The number of carbonyl (C=O) groups excluding carboxylic acids is 2. The average molecular weight is 353 g/mol. The fraction of sp³-hybridized carbons (Fsp3) is 0.895. The van der Waals surface area contributed by atoms with Gasteiger partial charge in [-0.05, 0) is 51.1 Å². The number of likely N-dealkylation sites (tertiary alicyclic amines) is 2. The normalized spacial score (nSPS) is 20.8. The van der Waals surface area contributed by atoms with Gasteiger partial charge in [0.25, 0.3) is 0 Å². The van der Waals surface area contributed by atoms with Crippen molar-refractivity contribution in [2.75, 3.05) is 46.8 Å². The minimum absolute atomic E-state index is 0.121. The van der Waals surface area contributed by atoms with E-state index < -0.39 is 0 Å². The van der Waals surface area contributed by atoms with E-state index in [4.69, 9.17) is 0 Å². The summed E-state index contributed by atoms with van der Waals surface area (Å²) in [7, 11) is 3.62. The molecule has 0 unspecified atom stereocenters. The molecule has 0 atom stereocenters. The second-order valence-electron chi connectivity index (χ2n) is 8.18. The van der Waals surface area contributed by atoms with Gasteiger partial charge in [0.05, 0.1) is 0 Å². The Morgan fingerprint density at radius 2 is 1.64 bits per heavy atom. The molecule has 0 aromatic carbocycles. The second-order valence-corrected chi connectivity index (χ2v) is 8.18. The van der Waals surface area contributed by atoms with Crippen molar-refractivity contribution in [1.82, 2.24) is 20.0 Å². The summed E-state index contributed by atoms with van der Waals surface area (Å²) in [5.74, 6) is 1.05. The lowest BCUT2D eigenvalue weighted by atomic mass is 9.92. The number of piperidine rings is 2. The largest absolute Gasteiger partial charge is 0.356 e. The maximum absolute atomic E-state index is 12.3. The maximum Gasteiger partial charge on any atom is 0.319 e. The minimum atomic E-state index is 0.121. The van der Waals surface area contributed by atoms with Crippen LogP contribution in [0.2, 0.25) is 0 Å². The van der Waals surface area contributed by atoms with Crippen LogP contribution in [0.1, 0.15) is 46.0 Å². The molecule has 0 aliphatic carbocycles. The molecular weight excluding hydrogens is 316 g/mol. The fourth-order valence-electron chi connectivity index (χ4n) is 3.86. The van der Waals surface area contributed by atoms with Gasteiger partial charge in [0, 0.05) is 45.7 Å². The Morgan fingerprint density at radius 1 is 1.04 bits per heavy atom. The summed E-state index contributed by atoms with van der Waals surface area (Å²) in [6.07, 6.45) is 5.07. The van der Waals surface area contributed by atoms with Gasteiger partial charge in [-0.2, -0.15) is 0 Å². The van der Waals surface area contributed by atoms with E-state index in [0.29, 0.717) is 12.0 Å². The number of hydrogen-bond donors (Lipinski definition) is 1. The van der Waals surface area contributed by atoms with E-state index in [0.717, 1.165) is 64.8 Å². The van der Waals surface area contributed by atoms with E-state index in [1.165, 1.54) is 0 Å². The quantitative estimate of drug-likeness (QED) is 0.823. The van der Waals surface area contributed by atoms with Crippen LogP contribution in [0.3, 0.4) is 0 Å². The Kier molecular flexibility index (Phi) is 7.54. The van der Waals surface area contributed by atoms with Crippen molar-refractivity contribution >= 4 is 11.9 Å². The number of urea groups is 1. The number of nitrogens with zero attached hydrogens (tertiary/aromatic N) is 3. The molecule has 25 heavy (non-hydrogen) atoms. The monoisotopic (exact) mass is 352 g/mol. The molecule has 2 heterocycles. The molecule has 0 radical (unpaired) electrons. The molecule has 2 aliphatic rings. The summed E-state index contributed by atoms with van der Waals surface area (Å²) < 4.78 is 0. The summed E-state index contributed by atoms with van der Waals surface area (Å²) >= 11 is 0. The number of rotatable bonds is 5. The van der Waals surface area contributed by atoms with Crippen LogP contribution in [-0.4, -0.2) is 79.5 Å². The molecule has 0 bridgehead atoms. The van der Waals surface area contributed by atoms with Crippen LogP contribution >= 0.6 is 0 Å². The first-order valence-electron chi connectivity index (χ1n) is 9.86. The van der Waals surface area contributed by atoms with Crippen molar-refractivity contribution in [3.05, 3.63) is 0 Å². The van der Waals surface area contributed by atoms with Gasteiger partial charge in [-0.3, -0.25) is 4.79 Å². The number of nitrogens with one attached hydrogen (secondary N) is 1. The van der Waals surface area contributed by atoms with Crippen LogP contribution in [-0.2, 0) is 4.79 Å². The number of hydrogen-bond acceptors (Lipinski definition) is 3. The summed E-state index contributed by atoms with van der Waals surface area (Å²) in [5.41, 5.74) is 0. The molecule has 144 valence electrons. The third kappa shape index (κ3) is 5.87. The van der Waals surface area contributed by atoms with Crippen LogP contribution in [0.5, 0.6) is 0 Å².